The van der Waals surface area contributed by atoms with E-state index < -0.39 is 30.1 Å². The molecule has 0 amide bonds. The molecule has 0 aliphatic rings. The average molecular weight is 357 g/mol. The molecule has 138 valence electrons. The first-order valence-corrected chi connectivity index (χ1v) is 7.59. The Morgan fingerprint density at radius 2 is 1.88 bits per heavy atom. The minimum absolute atomic E-state index is 0.0618. The molecule has 0 bridgehead atoms. The number of halogens is 3. The van der Waals surface area contributed by atoms with Crippen LogP contribution in [0.15, 0.2) is 55.6 Å². The summed E-state index contributed by atoms with van der Waals surface area (Å²) in [7, 11) is 1.37. The predicted molar refractivity (Wildman–Crippen MR) is 89.0 cm³/mol. The van der Waals surface area contributed by atoms with Crippen LogP contribution >= 0.6 is 0 Å². The van der Waals surface area contributed by atoms with Gasteiger partial charge >= 0.3 is 12.1 Å². The third-order valence-corrected chi connectivity index (χ3v) is 3.57. The topological polar surface area (TPSA) is 47.6 Å². The van der Waals surface area contributed by atoms with Gasteiger partial charge in [-0.05, 0) is 5.56 Å². The monoisotopic (exact) mass is 357 g/mol. The Hall–Kier alpha value is -2.12. The van der Waals surface area contributed by atoms with Crippen LogP contribution in [0.2, 0.25) is 0 Å². The van der Waals surface area contributed by atoms with E-state index in [0.717, 1.165) is 6.08 Å². The van der Waals surface area contributed by atoms with Crippen molar-refractivity contribution in [1.82, 2.24) is 5.32 Å². The number of hydrogen-bond acceptors (Lipinski definition) is 4. The van der Waals surface area contributed by atoms with Crippen LogP contribution in [-0.4, -0.2) is 38.0 Å². The normalized spacial score (nSPS) is 15.0. The van der Waals surface area contributed by atoms with Crippen LogP contribution in [0.3, 0.4) is 0 Å². The molecule has 2 atom stereocenters. The number of benzene rings is 1. The molecule has 0 radical (unpaired) electrons. The first kappa shape index (κ1) is 20.9. The minimum Gasteiger partial charge on any atom is -0.460 e. The number of alkyl halides is 3. The number of nitrogens with one attached hydrogen (secondary N) is 1. The SMILES string of the molecule is C=CCOC(=O)[C@@](CC=C)(N[C@@H](COC)c1ccccc1)C(F)(F)F. The minimum atomic E-state index is -4.90. The fraction of sp³-hybridized carbons (Fsp3) is 0.389. The van der Waals surface area contributed by atoms with Crippen molar-refractivity contribution >= 4 is 5.97 Å². The molecule has 0 fully saturated rings. The summed E-state index contributed by atoms with van der Waals surface area (Å²) < 4.78 is 51.4. The molecule has 0 heterocycles. The Bertz CT molecular complexity index is 575. The van der Waals surface area contributed by atoms with Crippen molar-refractivity contribution in [2.45, 2.75) is 24.2 Å². The number of esters is 1. The van der Waals surface area contributed by atoms with Gasteiger partial charge in [0, 0.05) is 13.5 Å². The van der Waals surface area contributed by atoms with Crippen molar-refractivity contribution in [1.29, 1.82) is 0 Å². The van der Waals surface area contributed by atoms with Crippen LogP contribution in [-0.2, 0) is 14.3 Å². The van der Waals surface area contributed by atoms with Crippen LogP contribution in [0, 0.1) is 0 Å². The standard InChI is InChI=1S/C18H22F3NO3/c1-4-11-17(18(19,20)21,16(23)25-12-5-2)22-15(13-24-3)14-9-7-6-8-10-14/h4-10,15,22H,1-2,11-13H2,3H3/t15-,17+/m0/s1. The molecule has 7 heteroatoms. The molecule has 0 aliphatic carbocycles. The Labute approximate surface area is 145 Å². The maximum absolute atomic E-state index is 13.9. The van der Waals surface area contributed by atoms with Gasteiger partial charge in [0.2, 0.25) is 5.54 Å². The number of carbonyl (C=O) groups excluding carboxylic acids is 1. The van der Waals surface area contributed by atoms with Gasteiger partial charge in [-0.15, -0.1) is 6.58 Å². The molecule has 0 saturated heterocycles. The predicted octanol–water partition coefficient (Wildman–Crippen LogP) is 3.57. The molecule has 25 heavy (non-hydrogen) atoms. The molecule has 1 N–H and O–H groups in total. The summed E-state index contributed by atoms with van der Waals surface area (Å²) in [6, 6.07) is 7.56. The number of methoxy groups -OCH3 is 1. The lowest BCUT2D eigenvalue weighted by molar-refractivity contribution is -0.215. The summed E-state index contributed by atoms with van der Waals surface area (Å²) in [5, 5.41) is 2.40. The molecule has 0 spiro atoms. The van der Waals surface area contributed by atoms with Crippen molar-refractivity contribution < 1.29 is 27.4 Å². The van der Waals surface area contributed by atoms with E-state index in [0.29, 0.717) is 5.56 Å². The average Bonchev–Trinajstić information content (AvgIpc) is 2.58. The van der Waals surface area contributed by atoms with Crippen molar-refractivity contribution in [3.05, 3.63) is 61.2 Å². The van der Waals surface area contributed by atoms with Crippen molar-refractivity contribution in [3.8, 4) is 0 Å². The van der Waals surface area contributed by atoms with Gasteiger partial charge in [0.1, 0.15) is 6.61 Å². The molecule has 0 aromatic heterocycles. The van der Waals surface area contributed by atoms with E-state index in [1.165, 1.54) is 13.2 Å². The highest BCUT2D eigenvalue weighted by molar-refractivity contribution is 5.82. The van der Waals surface area contributed by atoms with Crippen LogP contribution in [0.25, 0.3) is 0 Å². The zero-order valence-corrected chi connectivity index (χ0v) is 14.0. The first-order valence-electron chi connectivity index (χ1n) is 7.59. The van der Waals surface area contributed by atoms with E-state index >= 15 is 0 Å². The third-order valence-electron chi connectivity index (χ3n) is 3.57. The maximum atomic E-state index is 13.9. The van der Waals surface area contributed by atoms with Crippen LogP contribution < -0.4 is 5.32 Å². The molecule has 1 aromatic carbocycles. The third kappa shape index (κ3) is 5.17. The van der Waals surface area contributed by atoms with E-state index in [1.54, 1.807) is 30.3 Å². The summed E-state index contributed by atoms with van der Waals surface area (Å²) in [6.07, 6.45) is -3.35. The Balaban J connectivity index is 3.30. The van der Waals surface area contributed by atoms with E-state index in [4.69, 9.17) is 9.47 Å². The highest BCUT2D eigenvalue weighted by Gasteiger charge is 2.61. The number of ether oxygens (including phenoxy) is 2. The van der Waals surface area contributed by atoms with Gasteiger partial charge in [0.25, 0.3) is 0 Å². The van der Waals surface area contributed by atoms with Gasteiger partial charge in [-0.25, -0.2) is 4.79 Å². The van der Waals surface area contributed by atoms with Crippen molar-refractivity contribution in [3.63, 3.8) is 0 Å². The van der Waals surface area contributed by atoms with Crippen LogP contribution in [0.4, 0.5) is 13.2 Å². The molecule has 4 nitrogen and oxygen atoms in total. The molecule has 0 aliphatic heterocycles. The molecule has 0 unspecified atom stereocenters. The molecular weight excluding hydrogens is 335 g/mol. The number of rotatable bonds is 10. The van der Waals surface area contributed by atoms with Crippen molar-refractivity contribution in [2.24, 2.45) is 0 Å². The van der Waals surface area contributed by atoms with E-state index in [9.17, 15) is 18.0 Å². The maximum Gasteiger partial charge on any atom is 0.417 e. The highest BCUT2D eigenvalue weighted by atomic mass is 19.4. The van der Waals surface area contributed by atoms with E-state index in [1.807, 2.05) is 0 Å². The van der Waals surface area contributed by atoms with Gasteiger partial charge in [-0.1, -0.05) is 49.1 Å². The first-order chi connectivity index (χ1) is 11.8. The quantitative estimate of drug-likeness (QED) is 0.514. The van der Waals surface area contributed by atoms with Crippen LogP contribution in [0.5, 0.6) is 0 Å². The zero-order chi connectivity index (χ0) is 18.9. The smallest absolute Gasteiger partial charge is 0.417 e. The summed E-state index contributed by atoms with van der Waals surface area (Å²) in [4.78, 5) is 12.3. The molecule has 0 saturated carbocycles. The molecular formula is C18H22F3NO3. The summed E-state index contributed by atoms with van der Waals surface area (Å²) in [6.45, 7) is 6.30. The zero-order valence-electron chi connectivity index (χ0n) is 14.0. The van der Waals surface area contributed by atoms with E-state index in [2.05, 4.69) is 18.5 Å². The fourth-order valence-electron chi connectivity index (χ4n) is 2.36. The summed E-state index contributed by atoms with van der Waals surface area (Å²) >= 11 is 0. The fourth-order valence-corrected chi connectivity index (χ4v) is 2.36. The van der Waals surface area contributed by atoms with Gasteiger partial charge in [0.05, 0.1) is 12.6 Å². The lowest BCUT2D eigenvalue weighted by atomic mass is 9.91. The summed E-state index contributed by atoms with van der Waals surface area (Å²) in [5.41, 5.74) is -2.38. The Morgan fingerprint density at radius 1 is 1.24 bits per heavy atom. The van der Waals surface area contributed by atoms with Crippen molar-refractivity contribution in [2.75, 3.05) is 20.3 Å². The lowest BCUT2D eigenvalue weighted by Gasteiger charge is -2.36. The van der Waals surface area contributed by atoms with Gasteiger partial charge in [0.15, 0.2) is 0 Å². The molecule has 1 aromatic rings. The van der Waals surface area contributed by atoms with E-state index in [-0.39, 0.29) is 13.2 Å². The number of carbonyl (C=O) groups is 1. The Morgan fingerprint density at radius 3 is 2.36 bits per heavy atom. The lowest BCUT2D eigenvalue weighted by Crippen LogP contribution is -2.64. The van der Waals surface area contributed by atoms with Gasteiger partial charge in [-0.3, -0.25) is 5.32 Å². The number of hydrogen-bond donors (Lipinski definition) is 1. The largest absolute Gasteiger partial charge is 0.460 e. The van der Waals surface area contributed by atoms with Crippen LogP contribution in [0.1, 0.15) is 18.0 Å². The Kier molecular flexibility index (Phi) is 7.86. The second kappa shape index (κ2) is 9.39. The summed E-state index contributed by atoms with van der Waals surface area (Å²) in [5.74, 6) is -1.43. The second-order valence-corrected chi connectivity index (χ2v) is 5.35. The second-order valence-electron chi connectivity index (χ2n) is 5.35. The van der Waals surface area contributed by atoms with Gasteiger partial charge < -0.3 is 9.47 Å². The molecule has 1 rings (SSSR count). The highest BCUT2D eigenvalue weighted by Crippen LogP contribution is 2.37. The van der Waals surface area contributed by atoms with Gasteiger partial charge in [-0.2, -0.15) is 13.2 Å².